The Labute approximate surface area is 95.5 Å². The average Bonchev–Trinajstić information content (AvgIpc) is 2.61. The topological polar surface area (TPSA) is 64.6 Å². The number of ether oxygens (including phenoxy) is 2. The lowest BCUT2D eigenvalue weighted by molar-refractivity contribution is -0.149. The maximum atomic E-state index is 11.6. The van der Waals surface area contributed by atoms with Gasteiger partial charge in [0.1, 0.15) is 6.04 Å². The summed E-state index contributed by atoms with van der Waals surface area (Å²) in [7, 11) is 0. The minimum Gasteiger partial charge on any atom is -0.466 e. The van der Waals surface area contributed by atoms with Gasteiger partial charge in [-0.3, -0.25) is 9.59 Å². The molecule has 1 N–H and O–H groups in total. The first kappa shape index (κ1) is 13.0. The summed E-state index contributed by atoms with van der Waals surface area (Å²) >= 11 is 0. The average molecular weight is 229 g/mol. The van der Waals surface area contributed by atoms with E-state index in [4.69, 9.17) is 9.47 Å². The smallest absolute Gasteiger partial charge is 0.323 e. The van der Waals surface area contributed by atoms with E-state index in [2.05, 4.69) is 5.32 Å². The predicted molar refractivity (Wildman–Crippen MR) is 57.7 cm³/mol. The Kier molecular flexibility index (Phi) is 4.73. The first-order valence-electron chi connectivity index (χ1n) is 5.68. The molecular formula is C11H19NO4. The van der Waals surface area contributed by atoms with Crippen LogP contribution in [-0.4, -0.2) is 37.7 Å². The maximum Gasteiger partial charge on any atom is 0.323 e. The summed E-state index contributed by atoms with van der Waals surface area (Å²) < 4.78 is 9.88. The number of nitrogens with one attached hydrogen (secondary N) is 1. The summed E-state index contributed by atoms with van der Waals surface area (Å²) in [5.41, 5.74) is 0. The van der Waals surface area contributed by atoms with Gasteiger partial charge in [0.15, 0.2) is 0 Å². The Balaban J connectivity index is 2.56. The van der Waals surface area contributed by atoms with Gasteiger partial charge in [0.05, 0.1) is 19.1 Å². The highest BCUT2D eigenvalue weighted by molar-refractivity contribution is 5.80. The SMILES string of the molecule is CCOC(=O)C1CNC(C(=O)OCC)C1C. The lowest BCUT2D eigenvalue weighted by Gasteiger charge is -2.17. The first-order chi connectivity index (χ1) is 7.61. The van der Waals surface area contributed by atoms with E-state index in [-0.39, 0.29) is 23.8 Å². The van der Waals surface area contributed by atoms with Crippen LogP contribution in [0.5, 0.6) is 0 Å². The Morgan fingerprint density at radius 3 is 2.31 bits per heavy atom. The molecule has 1 heterocycles. The van der Waals surface area contributed by atoms with Crippen LogP contribution in [-0.2, 0) is 19.1 Å². The van der Waals surface area contributed by atoms with Gasteiger partial charge in [-0.15, -0.1) is 0 Å². The second-order valence-electron chi connectivity index (χ2n) is 3.86. The van der Waals surface area contributed by atoms with E-state index >= 15 is 0 Å². The second-order valence-corrected chi connectivity index (χ2v) is 3.86. The van der Waals surface area contributed by atoms with Crippen molar-refractivity contribution >= 4 is 11.9 Å². The lowest BCUT2D eigenvalue weighted by atomic mass is 9.92. The molecule has 0 spiro atoms. The highest BCUT2D eigenvalue weighted by Crippen LogP contribution is 2.24. The summed E-state index contributed by atoms with van der Waals surface area (Å²) in [4.78, 5) is 23.1. The quantitative estimate of drug-likeness (QED) is 0.704. The summed E-state index contributed by atoms with van der Waals surface area (Å²) in [6.45, 7) is 6.60. The molecule has 0 aromatic carbocycles. The standard InChI is InChI=1S/C11H19NO4/c1-4-15-10(13)8-6-12-9(7(8)3)11(14)16-5-2/h7-9,12H,4-6H2,1-3H3. The van der Waals surface area contributed by atoms with Crippen LogP contribution >= 0.6 is 0 Å². The molecule has 5 nitrogen and oxygen atoms in total. The fourth-order valence-corrected chi connectivity index (χ4v) is 1.94. The fourth-order valence-electron chi connectivity index (χ4n) is 1.94. The molecule has 92 valence electrons. The van der Waals surface area contributed by atoms with Gasteiger partial charge < -0.3 is 14.8 Å². The third kappa shape index (κ3) is 2.72. The number of carbonyl (C=O) groups excluding carboxylic acids is 2. The van der Waals surface area contributed by atoms with Crippen LogP contribution in [0.15, 0.2) is 0 Å². The van der Waals surface area contributed by atoms with E-state index in [1.165, 1.54) is 0 Å². The van der Waals surface area contributed by atoms with E-state index < -0.39 is 6.04 Å². The molecule has 0 aliphatic carbocycles. The van der Waals surface area contributed by atoms with E-state index in [9.17, 15) is 9.59 Å². The molecule has 1 fully saturated rings. The van der Waals surface area contributed by atoms with Gasteiger partial charge >= 0.3 is 11.9 Å². The van der Waals surface area contributed by atoms with Crippen LogP contribution in [0.25, 0.3) is 0 Å². The zero-order valence-corrected chi connectivity index (χ0v) is 9.99. The Morgan fingerprint density at radius 1 is 1.19 bits per heavy atom. The molecule has 5 heteroatoms. The van der Waals surface area contributed by atoms with Crippen molar-refractivity contribution in [1.29, 1.82) is 0 Å². The summed E-state index contributed by atoms with van der Waals surface area (Å²) in [6.07, 6.45) is 0. The molecular weight excluding hydrogens is 210 g/mol. The molecule has 1 rings (SSSR count). The van der Waals surface area contributed by atoms with Crippen LogP contribution in [0, 0.1) is 11.8 Å². The van der Waals surface area contributed by atoms with Crippen molar-refractivity contribution in [3.8, 4) is 0 Å². The third-order valence-corrected chi connectivity index (χ3v) is 2.85. The number of hydrogen-bond donors (Lipinski definition) is 1. The molecule has 1 aliphatic rings. The number of rotatable bonds is 4. The summed E-state index contributed by atoms with van der Waals surface area (Å²) in [6, 6.07) is -0.394. The molecule has 16 heavy (non-hydrogen) atoms. The monoisotopic (exact) mass is 229 g/mol. The Morgan fingerprint density at radius 2 is 1.75 bits per heavy atom. The van der Waals surface area contributed by atoms with Gasteiger partial charge in [0, 0.05) is 6.54 Å². The Hall–Kier alpha value is -1.10. The molecule has 0 radical (unpaired) electrons. The third-order valence-electron chi connectivity index (χ3n) is 2.85. The van der Waals surface area contributed by atoms with E-state index in [0.29, 0.717) is 19.8 Å². The highest BCUT2D eigenvalue weighted by Gasteiger charge is 2.42. The lowest BCUT2D eigenvalue weighted by Crippen LogP contribution is -2.36. The minimum atomic E-state index is -0.394. The van der Waals surface area contributed by atoms with E-state index in [1.807, 2.05) is 6.92 Å². The summed E-state index contributed by atoms with van der Waals surface area (Å²) in [5, 5.41) is 3.00. The van der Waals surface area contributed by atoms with Crippen LogP contribution in [0.1, 0.15) is 20.8 Å². The second kappa shape index (κ2) is 5.84. The molecule has 1 saturated heterocycles. The summed E-state index contributed by atoms with van der Waals surface area (Å²) in [5.74, 6) is -0.872. The van der Waals surface area contributed by atoms with Gasteiger partial charge in [0.2, 0.25) is 0 Å². The maximum absolute atomic E-state index is 11.6. The van der Waals surface area contributed by atoms with Crippen LogP contribution < -0.4 is 5.32 Å². The molecule has 0 aromatic heterocycles. The predicted octanol–water partition coefficient (Wildman–Crippen LogP) is 0.337. The fraction of sp³-hybridized carbons (Fsp3) is 0.818. The molecule has 0 saturated carbocycles. The molecule has 1 aliphatic heterocycles. The number of hydrogen-bond acceptors (Lipinski definition) is 5. The molecule has 0 amide bonds. The largest absolute Gasteiger partial charge is 0.466 e. The number of esters is 2. The van der Waals surface area contributed by atoms with Crippen molar-refractivity contribution in [2.24, 2.45) is 11.8 Å². The Bertz CT molecular complexity index is 241. The normalized spacial score (nSPS) is 28.8. The van der Waals surface area contributed by atoms with Crippen molar-refractivity contribution < 1.29 is 19.1 Å². The van der Waals surface area contributed by atoms with E-state index in [0.717, 1.165) is 0 Å². The molecule has 0 aromatic rings. The number of carbonyl (C=O) groups is 2. The van der Waals surface area contributed by atoms with Crippen molar-refractivity contribution in [3.05, 3.63) is 0 Å². The van der Waals surface area contributed by atoms with Gasteiger partial charge in [-0.1, -0.05) is 6.92 Å². The van der Waals surface area contributed by atoms with Crippen LogP contribution in [0.2, 0.25) is 0 Å². The zero-order chi connectivity index (χ0) is 12.1. The van der Waals surface area contributed by atoms with Gasteiger partial charge in [0.25, 0.3) is 0 Å². The van der Waals surface area contributed by atoms with Crippen molar-refractivity contribution in [2.45, 2.75) is 26.8 Å². The molecule has 3 atom stereocenters. The van der Waals surface area contributed by atoms with Crippen LogP contribution in [0.4, 0.5) is 0 Å². The van der Waals surface area contributed by atoms with Crippen LogP contribution in [0.3, 0.4) is 0 Å². The molecule has 0 bridgehead atoms. The minimum absolute atomic E-state index is 0.0851. The van der Waals surface area contributed by atoms with Crippen molar-refractivity contribution in [1.82, 2.24) is 5.32 Å². The van der Waals surface area contributed by atoms with E-state index in [1.54, 1.807) is 13.8 Å². The molecule has 3 unspecified atom stereocenters. The zero-order valence-electron chi connectivity index (χ0n) is 9.99. The van der Waals surface area contributed by atoms with Gasteiger partial charge in [-0.25, -0.2) is 0 Å². The highest BCUT2D eigenvalue weighted by atomic mass is 16.5. The first-order valence-corrected chi connectivity index (χ1v) is 5.68. The van der Waals surface area contributed by atoms with Crippen molar-refractivity contribution in [3.63, 3.8) is 0 Å². The van der Waals surface area contributed by atoms with Gasteiger partial charge in [-0.05, 0) is 19.8 Å². The van der Waals surface area contributed by atoms with Crippen molar-refractivity contribution in [2.75, 3.05) is 19.8 Å². The van der Waals surface area contributed by atoms with Gasteiger partial charge in [-0.2, -0.15) is 0 Å².